The number of phenols is 1. The molecule has 4 nitrogen and oxygen atoms in total. The molecule has 0 saturated carbocycles. The van der Waals surface area contributed by atoms with Crippen molar-refractivity contribution in [3.63, 3.8) is 0 Å². The van der Waals surface area contributed by atoms with E-state index in [0.29, 0.717) is 24.5 Å². The summed E-state index contributed by atoms with van der Waals surface area (Å²) < 4.78 is 6.03. The Morgan fingerprint density at radius 1 is 0.970 bits per heavy atom. The topological polar surface area (TPSA) is 52.9 Å². The minimum absolute atomic E-state index is 0.236. The molecule has 2 N–H and O–H groups in total. The highest BCUT2D eigenvalue weighted by molar-refractivity contribution is 6.30. The highest BCUT2D eigenvalue weighted by Gasteiger charge is 2.33. The molecule has 0 atom stereocenters. The maximum Gasteiger partial charge on any atom is 0.127 e. The summed E-state index contributed by atoms with van der Waals surface area (Å²) >= 11 is 6.01. The van der Waals surface area contributed by atoms with Gasteiger partial charge in [0, 0.05) is 30.2 Å². The van der Waals surface area contributed by atoms with Crippen molar-refractivity contribution in [3.05, 3.63) is 100 Å². The van der Waals surface area contributed by atoms with Crippen molar-refractivity contribution in [2.45, 2.75) is 31.5 Å². The van der Waals surface area contributed by atoms with E-state index in [9.17, 15) is 10.2 Å². The third-order valence-electron chi connectivity index (χ3n) is 6.80. The van der Waals surface area contributed by atoms with Crippen LogP contribution in [0, 0.1) is 0 Å². The average molecular weight is 462 g/mol. The Balaban J connectivity index is 1.30. The van der Waals surface area contributed by atoms with Crippen LogP contribution in [0.25, 0.3) is 5.57 Å². The van der Waals surface area contributed by atoms with Gasteiger partial charge in [-0.05, 0) is 71.9 Å². The Morgan fingerprint density at radius 2 is 1.73 bits per heavy atom. The van der Waals surface area contributed by atoms with Crippen LogP contribution >= 0.6 is 11.6 Å². The summed E-state index contributed by atoms with van der Waals surface area (Å²) in [7, 11) is 0. The Hall–Kier alpha value is -2.79. The van der Waals surface area contributed by atoms with Gasteiger partial charge < -0.3 is 19.8 Å². The van der Waals surface area contributed by atoms with E-state index >= 15 is 0 Å². The molecule has 170 valence electrons. The van der Waals surface area contributed by atoms with Crippen LogP contribution in [0.1, 0.15) is 41.5 Å². The summed E-state index contributed by atoms with van der Waals surface area (Å²) in [6, 6.07) is 21.1. The molecule has 2 aliphatic heterocycles. The lowest BCUT2D eigenvalue weighted by atomic mass is 9.84. The van der Waals surface area contributed by atoms with E-state index in [1.165, 1.54) is 0 Å². The largest absolute Gasteiger partial charge is 0.508 e. The molecule has 0 radical (unpaired) electrons. The molecule has 3 aromatic rings. The number of ether oxygens (including phenoxy) is 1. The molecule has 0 unspecified atom stereocenters. The van der Waals surface area contributed by atoms with Crippen molar-refractivity contribution in [1.29, 1.82) is 0 Å². The highest BCUT2D eigenvalue weighted by atomic mass is 35.5. The third-order valence-corrected chi connectivity index (χ3v) is 7.05. The zero-order valence-electron chi connectivity index (χ0n) is 18.5. The number of aliphatic hydroxyl groups is 1. The molecule has 2 heterocycles. The van der Waals surface area contributed by atoms with Crippen molar-refractivity contribution < 1.29 is 14.9 Å². The minimum Gasteiger partial charge on any atom is -0.508 e. The zero-order chi connectivity index (χ0) is 22.8. The summed E-state index contributed by atoms with van der Waals surface area (Å²) in [6.45, 7) is 3.12. The molecular formula is C28H28ClNO3. The number of nitrogens with zero attached hydrogens (tertiary/aromatic N) is 1. The maximum atomic E-state index is 11.1. The number of halogens is 1. The van der Waals surface area contributed by atoms with Gasteiger partial charge in [-0.2, -0.15) is 0 Å². The molecule has 0 aliphatic carbocycles. The van der Waals surface area contributed by atoms with E-state index < -0.39 is 5.60 Å². The first-order valence-corrected chi connectivity index (χ1v) is 11.8. The normalized spacial score (nSPS) is 18.8. The first-order valence-electron chi connectivity index (χ1n) is 11.5. The number of hydrogen-bond donors (Lipinski definition) is 2. The molecule has 0 spiro atoms. The summed E-state index contributed by atoms with van der Waals surface area (Å²) in [5.74, 6) is 1.03. The van der Waals surface area contributed by atoms with Crippen LogP contribution < -0.4 is 4.74 Å². The Labute approximate surface area is 199 Å². The second kappa shape index (κ2) is 9.22. The predicted octanol–water partition coefficient (Wildman–Crippen LogP) is 5.74. The van der Waals surface area contributed by atoms with Crippen LogP contribution in [0.15, 0.2) is 72.8 Å². The number of rotatable bonds is 4. The molecule has 33 heavy (non-hydrogen) atoms. The van der Waals surface area contributed by atoms with Gasteiger partial charge >= 0.3 is 0 Å². The smallest absolute Gasteiger partial charge is 0.127 e. The van der Waals surface area contributed by atoms with Gasteiger partial charge in [-0.15, -0.1) is 0 Å². The number of aromatic hydroxyl groups is 1. The lowest BCUT2D eigenvalue weighted by Crippen LogP contribution is -2.42. The van der Waals surface area contributed by atoms with Crippen molar-refractivity contribution in [1.82, 2.24) is 4.90 Å². The quantitative estimate of drug-likeness (QED) is 0.520. The number of phenolic OH excluding ortho intramolecular Hbond substituents is 1. The summed E-state index contributed by atoms with van der Waals surface area (Å²) in [5.41, 5.74) is 4.48. The first kappa shape index (κ1) is 22.0. The van der Waals surface area contributed by atoms with Gasteiger partial charge in [0.15, 0.2) is 0 Å². The van der Waals surface area contributed by atoms with Gasteiger partial charge in [-0.1, -0.05) is 54.1 Å². The van der Waals surface area contributed by atoms with Crippen LogP contribution in [0.5, 0.6) is 11.5 Å². The van der Waals surface area contributed by atoms with Crippen LogP contribution in [-0.4, -0.2) is 34.7 Å². The Kier molecular flexibility index (Phi) is 6.15. The van der Waals surface area contributed by atoms with Gasteiger partial charge in [0.2, 0.25) is 0 Å². The fourth-order valence-electron chi connectivity index (χ4n) is 4.87. The number of benzene rings is 3. The van der Waals surface area contributed by atoms with E-state index in [4.69, 9.17) is 16.3 Å². The third kappa shape index (κ3) is 4.65. The number of hydrogen-bond acceptors (Lipinski definition) is 4. The Bertz CT molecular complexity index is 1160. The maximum absolute atomic E-state index is 11.1. The second-order valence-corrected chi connectivity index (χ2v) is 9.35. The van der Waals surface area contributed by atoms with E-state index in [1.807, 2.05) is 42.5 Å². The molecular weight excluding hydrogens is 434 g/mol. The van der Waals surface area contributed by atoms with Crippen molar-refractivity contribution >= 4 is 17.2 Å². The second-order valence-electron chi connectivity index (χ2n) is 8.91. The lowest BCUT2D eigenvalue weighted by Gasteiger charge is -2.38. The molecule has 1 saturated heterocycles. The standard InChI is InChI=1S/C28H28ClNO3/c29-22-9-7-21(8-10-22)28(32)13-16-30(17-14-28)15-3-6-25-24-5-2-1-4-20(24)19-33-27-12-11-23(31)18-26(25)27/h1-2,4-12,18,31-32H,3,13-17,19H2. The van der Waals surface area contributed by atoms with Gasteiger partial charge in [0.05, 0.1) is 5.60 Å². The molecule has 3 aromatic carbocycles. The van der Waals surface area contributed by atoms with Crippen LogP contribution in [0.4, 0.5) is 0 Å². The van der Waals surface area contributed by atoms with Gasteiger partial charge in [-0.25, -0.2) is 0 Å². The van der Waals surface area contributed by atoms with Crippen molar-refractivity contribution in [2.24, 2.45) is 0 Å². The molecule has 0 bridgehead atoms. The van der Waals surface area contributed by atoms with Crippen LogP contribution in [0.3, 0.4) is 0 Å². The van der Waals surface area contributed by atoms with Crippen LogP contribution in [-0.2, 0) is 12.2 Å². The van der Waals surface area contributed by atoms with E-state index in [-0.39, 0.29) is 5.75 Å². The molecule has 5 rings (SSSR count). The minimum atomic E-state index is -0.784. The fourth-order valence-corrected chi connectivity index (χ4v) is 5.00. The molecule has 1 fully saturated rings. The summed E-state index contributed by atoms with van der Waals surface area (Å²) in [5, 5.41) is 21.9. The number of fused-ring (bicyclic) bond motifs is 2. The van der Waals surface area contributed by atoms with Gasteiger partial charge in [0.1, 0.15) is 18.1 Å². The average Bonchev–Trinajstić information content (AvgIpc) is 2.98. The molecule has 0 aromatic heterocycles. The zero-order valence-corrected chi connectivity index (χ0v) is 19.3. The van der Waals surface area contributed by atoms with Crippen molar-refractivity contribution in [2.75, 3.05) is 19.6 Å². The van der Waals surface area contributed by atoms with Gasteiger partial charge in [0.25, 0.3) is 0 Å². The highest BCUT2D eigenvalue weighted by Crippen LogP contribution is 2.39. The lowest BCUT2D eigenvalue weighted by molar-refractivity contribution is -0.0254. The molecule has 2 aliphatic rings. The summed E-state index contributed by atoms with van der Waals surface area (Å²) in [6.07, 6.45) is 4.54. The van der Waals surface area contributed by atoms with Crippen molar-refractivity contribution in [3.8, 4) is 11.5 Å². The summed E-state index contributed by atoms with van der Waals surface area (Å²) in [4.78, 5) is 2.41. The number of likely N-dealkylation sites (tertiary alicyclic amines) is 1. The van der Waals surface area contributed by atoms with E-state index in [1.54, 1.807) is 12.1 Å². The number of piperidine rings is 1. The SMILES string of the molecule is Oc1ccc2c(c1)C(=CCCN1CCC(O)(c3ccc(Cl)cc3)CC1)c1ccccc1CO2. The first-order chi connectivity index (χ1) is 16.0. The predicted molar refractivity (Wildman–Crippen MR) is 132 cm³/mol. The van der Waals surface area contributed by atoms with E-state index in [0.717, 1.165) is 59.6 Å². The van der Waals surface area contributed by atoms with Crippen LogP contribution in [0.2, 0.25) is 5.02 Å². The molecule has 5 heteroatoms. The fraction of sp³-hybridized carbons (Fsp3) is 0.286. The van der Waals surface area contributed by atoms with Gasteiger partial charge in [-0.3, -0.25) is 0 Å². The monoisotopic (exact) mass is 461 g/mol. The Morgan fingerprint density at radius 3 is 2.52 bits per heavy atom. The van der Waals surface area contributed by atoms with E-state index in [2.05, 4.69) is 23.1 Å². The molecule has 0 amide bonds.